The smallest absolute Gasteiger partial charge is 0.264 e. The molecule has 0 saturated heterocycles. The standard InChI is InChI=1S/C26H29FN2O3S/c1-17-6-10-23(11-7-17)29(33(31,32)24-12-8-22(27)9-13-24)16-26(30)28-21(5)25-15-19(3)18(2)14-20(25)4/h6-15,21H,16H2,1-5H3,(H,28,30)/t21-/m1/s1. The van der Waals surface area contributed by atoms with Crippen molar-refractivity contribution in [1.29, 1.82) is 0 Å². The Morgan fingerprint density at radius 1 is 0.909 bits per heavy atom. The van der Waals surface area contributed by atoms with Crippen LogP contribution in [-0.2, 0) is 14.8 Å². The number of benzene rings is 3. The molecule has 3 aromatic rings. The summed E-state index contributed by atoms with van der Waals surface area (Å²) < 4.78 is 41.2. The van der Waals surface area contributed by atoms with Crippen LogP contribution in [0.15, 0.2) is 65.6 Å². The van der Waals surface area contributed by atoms with Crippen molar-refractivity contribution < 1.29 is 17.6 Å². The molecule has 0 bridgehead atoms. The van der Waals surface area contributed by atoms with Crippen LogP contribution < -0.4 is 9.62 Å². The molecule has 7 heteroatoms. The van der Waals surface area contributed by atoms with Gasteiger partial charge in [-0.25, -0.2) is 12.8 Å². The van der Waals surface area contributed by atoms with Gasteiger partial charge in [-0.3, -0.25) is 9.10 Å². The normalized spacial score (nSPS) is 12.3. The van der Waals surface area contributed by atoms with Crippen molar-refractivity contribution in [3.8, 4) is 0 Å². The minimum absolute atomic E-state index is 0.0877. The van der Waals surface area contributed by atoms with Crippen LogP contribution in [0.3, 0.4) is 0 Å². The van der Waals surface area contributed by atoms with Crippen LogP contribution in [0, 0.1) is 33.5 Å². The average Bonchev–Trinajstić information content (AvgIpc) is 2.75. The number of carbonyl (C=O) groups excluding carboxylic acids is 1. The molecular formula is C26H29FN2O3S. The number of aryl methyl sites for hydroxylation is 4. The third-order valence-corrected chi connectivity index (χ3v) is 7.53. The van der Waals surface area contributed by atoms with Crippen molar-refractivity contribution in [2.24, 2.45) is 0 Å². The molecule has 5 nitrogen and oxygen atoms in total. The predicted octanol–water partition coefficient (Wildman–Crippen LogP) is 5.13. The Balaban J connectivity index is 1.90. The lowest BCUT2D eigenvalue weighted by Gasteiger charge is -2.25. The number of anilines is 1. The summed E-state index contributed by atoms with van der Waals surface area (Å²) in [4.78, 5) is 12.9. The summed E-state index contributed by atoms with van der Waals surface area (Å²) in [6.07, 6.45) is 0. The second-order valence-electron chi connectivity index (χ2n) is 8.38. The van der Waals surface area contributed by atoms with E-state index in [4.69, 9.17) is 0 Å². The van der Waals surface area contributed by atoms with Gasteiger partial charge >= 0.3 is 0 Å². The highest BCUT2D eigenvalue weighted by Gasteiger charge is 2.28. The topological polar surface area (TPSA) is 66.5 Å². The number of carbonyl (C=O) groups is 1. The Morgan fingerprint density at radius 3 is 2.09 bits per heavy atom. The van der Waals surface area contributed by atoms with Crippen molar-refractivity contribution in [2.75, 3.05) is 10.8 Å². The third-order valence-electron chi connectivity index (χ3n) is 5.74. The summed E-state index contributed by atoms with van der Waals surface area (Å²) >= 11 is 0. The van der Waals surface area contributed by atoms with E-state index >= 15 is 0 Å². The lowest BCUT2D eigenvalue weighted by molar-refractivity contribution is -0.120. The summed E-state index contributed by atoms with van der Waals surface area (Å²) in [5.41, 5.74) is 5.65. The van der Waals surface area contributed by atoms with Crippen LogP contribution >= 0.6 is 0 Å². The number of nitrogens with zero attached hydrogens (tertiary/aromatic N) is 1. The lowest BCUT2D eigenvalue weighted by Crippen LogP contribution is -2.41. The molecule has 0 aliphatic rings. The number of hydrogen-bond acceptors (Lipinski definition) is 3. The molecule has 0 aromatic heterocycles. The maximum atomic E-state index is 13.4. The zero-order valence-electron chi connectivity index (χ0n) is 19.5. The minimum atomic E-state index is -4.09. The molecule has 3 aromatic carbocycles. The molecule has 33 heavy (non-hydrogen) atoms. The fourth-order valence-corrected chi connectivity index (χ4v) is 5.13. The van der Waals surface area contributed by atoms with Gasteiger partial charge in [0.15, 0.2) is 0 Å². The van der Waals surface area contributed by atoms with E-state index in [1.807, 2.05) is 40.7 Å². The van der Waals surface area contributed by atoms with E-state index in [0.29, 0.717) is 5.69 Å². The first-order valence-corrected chi connectivity index (χ1v) is 12.1. The van der Waals surface area contributed by atoms with Gasteiger partial charge in [-0.05, 0) is 93.3 Å². The van der Waals surface area contributed by atoms with Crippen molar-refractivity contribution in [1.82, 2.24) is 5.32 Å². The first-order chi connectivity index (χ1) is 15.5. The van der Waals surface area contributed by atoms with Gasteiger partial charge in [-0.15, -0.1) is 0 Å². The maximum absolute atomic E-state index is 13.4. The quantitative estimate of drug-likeness (QED) is 0.523. The molecule has 3 rings (SSSR count). The second kappa shape index (κ2) is 9.75. The molecule has 0 unspecified atom stereocenters. The molecule has 0 fully saturated rings. The van der Waals surface area contributed by atoms with Gasteiger partial charge in [0.1, 0.15) is 12.4 Å². The number of sulfonamides is 1. The summed E-state index contributed by atoms with van der Waals surface area (Å²) in [5, 5.41) is 2.92. The van der Waals surface area contributed by atoms with Gasteiger partial charge in [-0.1, -0.05) is 29.8 Å². The Hall–Kier alpha value is -3.19. The predicted molar refractivity (Wildman–Crippen MR) is 129 cm³/mol. The highest BCUT2D eigenvalue weighted by Crippen LogP contribution is 2.25. The van der Waals surface area contributed by atoms with Gasteiger partial charge in [0.05, 0.1) is 16.6 Å². The van der Waals surface area contributed by atoms with Crippen molar-refractivity contribution in [3.05, 3.63) is 94.3 Å². The van der Waals surface area contributed by atoms with E-state index < -0.39 is 28.3 Å². The minimum Gasteiger partial charge on any atom is -0.348 e. The van der Waals surface area contributed by atoms with E-state index in [1.54, 1.807) is 24.3 Å². The number of nitrogens with one attached hydrogen (secondary N) is 1. The zero-order valence-corrected chi connectivity index (χ0v) is 20.3. The van der Waals surface area contributed by atoms with Gasteiger partial charge < -0.3 is 5.32 Å². The SMILES string of the molecule is Cc1ccc(N(CC(=O)N[C@H](C)c2cc(C)c(C)cc2C)S(=O)(=O)c2ccc(F)cc2)cc1. The van der Waals surface area contributed by atoms with Crippen LogP contribution in [0.4, 0.5) is 10.1 Å². The van der Waals surface area contributed by atoms with Gasteiger partial charge in [0.2, 0.25) is 5.91 Å². The molecule has 0 heterocycles. The summed E-state index contributed by atoms with van der Waals surface area (Å²) in [5.74, 6) is -0.974. The molecule has 1 N–H and O–H groups in total. The fraction of sp³-hybridized carbons (Fsp3) is 0.269. The summed E-state index contributed by atoms with van der Waals surface area (Å²) in [6, 6.07) is 15.3. The van der Waals surface area contributed by atoms with Crippen LogP contribution in [0.25, 0.3) is 0 Å². The molecule has 0 aliphatic carbocycles. The summed E-state index contributed by atoms with van der Waals surface area (Å²) in [6.45, 7) is 9.40. The molecule has 0 saturated carbocycles. The zero-order chi connectivity index (χ0) is 24.3. The van der Waals surface area contributed by atoms with Crippen LogP contribution in [0.1, 0.15) is 40.8 Å². The number of hydrogen-bond donors (Lipinski definition) is 1. The van der Waals surface area contributed by atoms with Crippen molar-refractivity contribution in [3.63, 3.8) is 0 Å². The van der Waals surface area contributed by atoms with Gasteiger partial charge in [0.25, 0.3) is 10.0 Å². The molecule has 174 valence electrons. The monoisotopic (exact) mass is 468 g/mol. The van der Waals surface area contributed by atoms with Gasteiger partial charge in [-0.2, -0.15) is 0 Å². The Labute approximate surface area is 195 Å². The summed E-state index contributed by atoms with van der Waals surface area (Å²) in [7, 11) is -4.09. The third kappa shape index (κ3) is 5.60. The Morgan fingerprint density at radius 2 is 1.48 bits per heavy atom. The molecule has 1 atom stereocenters. The van der Waals surface area contributed by atoms with E-state index in [2.05, 4.69) is 11.4 Å². The first kappa shape index (κ1) is 24.5. The van der Waals surface area contributed by atoms with Crippen molar-refractivity contribution in [2.45, 2.75) is 45.6 Å². The number of rotatable bonds is 7. The highest BCUT2D eigenvalue weighted by molar-refractivity contribution is 7.92. The lowest BCUT2D eigenvalue weighted by atomic mass is 9.96. The average molecular weight is 469 g/mol. The van der Waals surface area contributed by atoms with E-state index in [-0.39, 0.29) is 10.9 Å². The Kier molecular flexibility index (Phi) is 7.22. The highest BCUT2D eigenvalue weighted by atomic mass is 32.2. The molecule has 0 spiro atoms. The maximum Gasteiger partial charge on any atom is 0.264 e. The van der Waals surface area contributed by atoms with Crippen LogP contribution in [-0.4, -0.2) is 20.9 Å². The van der Waals surface area contributed by atoms with E-state index in [0.717, 1.165) is 38.7 Å². The Bertz CT molecular complexity index is 1250. The van der Waals surface area contributed by atoms with E-state index in [1.165, 1.54) is 17.7 Å². The van der Waals surface area contributed by atoms with Gasteiger partial charge in [0, 0.05) is 0 Å². The second-order valence-corrected chi connectivity index (χ2v) is 10.2. The van der Waals surface area contributed by atoms with Crippen LogP contribution in [0.2, 0.25) is 0 Å². The molecule has 0 radical (unpaired) electrons. The number of halogens is 1. The largest absolute Gasteiger partial charge is 0.348 e. The first-order valence-electron chi connectivity index (χ1n) is 10.7. The molecule has 1 amide bonds. The van der Waals surface area contributed by atoms with Crippen molar-refractivity contribution >= 4 is 21.6 Å². The molecular weight excluding hydrogens is 439 g/mol. The van der Waals surface area contributed by atoms with Crippen LogP contribution in [0.5, 0.6) is 0 Å². The van der Waals surface area contributed by atoms with E-state index in [9.17, 15) is 17.6 Å². The molecule has 0 aliphatic heterocycles. The number of amides is 1. The fourth-order valence-electron chi connectivity index (χ4n) is 3.70.